The molecule has 8 heteroatoms. The minimum atomic E-state index is -0.0530. The molecule has 6 fully saturated rings. The number of nitrogens with zero attached hydrogens (tertiary/aromatic N) is 2. The van der Waals surface area contributed by atoms with Crippen molar-refractivity contribution in [3.8, 4) is 0 Å². The van der Waals surface area contributed by atoms with Crippen molar-refractivity contribution in [3.05, 3.63) is 0 Å². The van der Waals surface area contributed by atoms with Crippen molar-refractivity contribution in [2.75, 3.05) is 33.4 Å². The van der Waals surface area contributed by atoms with Gasteiger partial charge in [0.15, 0.2) is 0 Å². The molecule has 1 amide bonds. The maximum atomic E-state index is 13.1. The minimum absolute atomic E-state index is 0.0530. The van der Waals surface area contributed by atoms with E-state index >= 15 is 0 Å². The van der Waals surface area contributed by atoms with E-state index in [9.17, 15) is 4.79 Å². The third-order valence-electron chi connectivity index (χ3n) is 9.00. The zero-order valence-corrected chi connectivity index (χ0v) is 18.9. The van der Waals surface area contributed by atoms with E-state index in [-0.39, 0.29) is 11.9 Å². The molecule has 1 aliphatic carbocycles. The van der Waals surface area contributed by atoms with Crippen molar-refractivity contribution in [1.82, 2.24) is 31.1 Å². The lowest BCUT2D eigenvalue weighted by Crippen LogP contribution is -2.62. The Bertz CT molecular complexity index is 678. The second-order valence-corrected chi connectivity index (χ2v) is 10.9. The van der Waals surface area contributed by atoms with Gasteiger partial charge in [-0.2, -0.15) is 0 Å². The highest BCUT2D eigenvalue weighted by Crippen LogP contribution is 2.40. The zero-order chi connectivity index (χ0) is 20.9. The summed E-state index contributed by atoms with van der Waals surface area (Å²) in [5.74, 6) is 0.940. The van der Waals surface area contributed by atoms with Crippen molar-refractivity contribution < 1.29 is 9.53 Å². The molecule has 5 aliphatic heterocycles. The Kier molecular flexibility index (Phi) is 5.73. The molecule has 31 heavy (non-hydrogen) atoms. The summed E-state index contributed by atoms with van der Waals surface area (Å²) in [6, 6.07) is 2.47. The van der Waals surface area contributed by atoms with Gasteiger partial charge in [0.25, 0.3) is 0 Å². The van der Waals surface area contributed by atoms with Gasteiger partial charge in [0.2, 0.25) is 5.91 Å². The predicted molar refractivity (Wildman–Crippen MR) is 118 cm³/mol. The lowest BCUT2D eigenvalue weighted by atomic mass is 9.74. The molecule has 0 spiro atoms. The Morgan fingerprint density at radius 3 is 2.77 bits per heavy atom. The van der Waals surface area contributed by atoms with E-state index in [0.717, 1.165) is 39.1 Å². The predicted octanol–water partition coefficient (Wildman–Crippen LogP) is -0.196. The van der Waals surface area contributed by atoms with Crippen LogP contribution in [0.5, 0.6) is 0 Å². The Balaban J connectivity index is 1.30. The molecule has 6 rings (SSSR count). The molecule has 0 aromatic heterocycles. The van der Waals surface area contributed by atoms with Crippen molar-refractivity contribution in [1.29, 1.82) is 0 Å². The van der Waals surface area contributed by atoms with E-state index in [1.165, 1.54) is 38.5 Å². The van der Waals surface area contributed by atoms with E-state index in [2.05, 4.69) is 26.2 Å². The number of morpholine rings is 1. The van der Waals surface area contributed by atoms with Gasteiger partial charge < -0.3 is 15.0 Å². The standard InChI is InChI=1S/C23H40N6O2/c1-28-9-8-15-12-31-13-21-27-18-6-2-4-16(22(18)29(15)21)17-5-3-7-20(26-17)25-14-10-19(23(28)30)24-11-14/h14-22,24-27H,2-13H2,1H3/t14-,15-,16?,17?,18?,19-,20?,21?,22?/m0/s1. The monoisotopic (exact) mass is 432 g/mol. The summed E-state index contributed by atoms with van der Waals surface area (Å²) in [6.07, 6.45) is 10.3. The summed E-state index contributed by atoms with van der Waals surface area (Å²) in [5.41, 5.74) is 0. The number of piperidine rings is 1. The number of fused-ring (bicyclic) bond motifs is 5. The number of rotatable bonds is 0. The first-order chi connectivity index (χ1) is 15.2. The fourth-order valence-corrected chi connectivity index (χ4v) is 7.56. The van der Waals surface area contributed by atoms with Crippen LogP contribution in [0.3, 0.4) is 0 Å². The van der Waals surface area contributed by atoms with Crippen LogP contribution < -0.4 is 21.3 Å². The number of nitrogens with one attached hydrogen (secondary N) is 4. The van der Waals surface area contributed by atoms with Crippen LogP contribution >= 0.6 is 0 Å². The van der Waals surface area contributed by atoms with E-state index in [4.69, 9.17) is 4.74 Å². The molecule has 5 saturated heterocycles. The largest absolute Gasteiger partial charge is 0.377 e. The molecule has 6 unspecified atom stereocenters. The molecule has 4 bridgehead atoms. The first kappa shape index (κ1) is 20.8. The third kappa shape index (κ3) is 3.83. The van der Waals surface area contributed by atoms with Gasteiger partial charge >= 0.3 is 0 Å². The van der Waals surface area contributed by atoms with Crippen LogP contribution in [-0.4, -0.2) is 97.6 Å². The fourth-order valence-electron chi connectivity index (χ4n) is 7.56. The number of amides is 1. The Labute approximate surface area is 186 Å². The van der Waals surface area contributed by atoms with E-state index in [1.54, 1.807) is 0 Å². The van der Waals surface area contributed by atoms with Gasteiger partial charge in [-0.3, -0.25) is 25.6 Å². The summed E-state index contributed by atoms with van der Waals surface area (Å²) in [5, 5.41) is 15.3. The number of hydrogen-bond donors (Lipinski definition) is 4. The van der Waals surface area contributed by atoms with Gasteiger partial charge in [0.05, 0.1) is 31.6 Å². The third-order valence-corrected chi connectivity index (χ3v) is 9.00. The second-order valence-electron chi connectivity index (χ2n) is 10.9. The van der Waals surface area contributed by atoms with Crippen LogP contribution in [0, 0.1) is 5.92 Å². The van der Waals surface area contributed by atoms with Crippen molar-refractivity contribution in [2.45, 2.75) is 99.9 Å². The number of likely N-dealkylation sites (N-methyl/N-ethyl adjacent to an activating group) is 1. The van der Waals surface area contributed by atoms with Crippen LogP contribution in [0.25, 0.3) is 0 Å². The van der Waals surface area contributed by atoms with Gasteiger partial charge in [-0.1, -0.05) is 6.42 Å². The van der Waals surface area contributed by atoms with Crippen molar-refractivity contribution in [3.63, 3.8) is 0 Å². The molecule has 1 saturated carbocycles. The van der Waals surface area contributed by atoms with Crippen LogP contribution in [0.1, 0.15) is 51.4 Å². The molecular weight excluding hydrogens is 392 g/mol. The summed E-state index contributed by atoms with van der Waals surface area (Å²) < 4.78 is 6.05. The number of carbonyl (C=O) groups excluding carboxylic acids is 1. The van der Waals surface area contributed by atoms with Gasteiger partial charge in [-0.15, -0.1) is 0 Å². The van der Waals surface area contributed by atoms with Gasteiger partial charge in [0, 0.05) is 50.3 Å². The second kappa shape index (κ2) is 8.54. The molecule has 5 heterocycles. The molecule has 8 nitrogen and oxygen atoms in total. The maximum absolute atomic E-state index is 13.1. The van der Waals surface area contributed by atoms with Crippen molar-refractivity contribution >= 4 is 5.91 Å². The molecule has 0 radical (unpaired) electrons. The Hall–Kier alpha value is -0.770. The number of hydrogen-bond acceptors (Lipinski definition) is 7. The lowest BCUT2D eigenvalue weighted by Gasteiger charge is -2.48. The molecule has 6 aliphatic rings. The van der Waals surface area contributed by atoms with Gasteiger partial charge in [-0.25, -0.2) is 0 Å². The SMILES string of the molecule is CN1CC[C@H]2COCC3NC4CCCC(C5CCCC(N5)N[C@@H]5CN[C@@H](C5)C1=O)C4N32. The topological polar surface area (TPSA) is 80.9 Å². The first-order valence-corrected chi connectivity index (χ1v) is 12.8. The first-order valence-electron chi connectivity index (χ1n) is 12.8. The van der Waals surface area contributed by atoms with Crippen LogP contribution in [0.15, 0.2) is 0 Å². The number of ether oxygens (including phenoxy) is 1. The van der Waals surface area contributed by atoms with Crippen LogP contribution in [0.4, 0.5) is 0 Å². The summed E-state index contributed by atoms with van der Waals surface area (Å²) in [4.78, 5) is 17.8. The molecule has 4 N–H and O–H groups in total. The van der Waals surface area contributed by atoms with E-state index in [0.29, 0.717) is 48.5 Å². The molecule has 9 atom stereocenters. The molecule has 0 aromatic carbocycles. The Morgan fingerprint density at radius 1 is 0.968 bits per heavy atom. The normalized spacial score (nSPS) is 48.7. The molecule has 174 valence electrons. The summed E-state index contributed by atoms with van der Waals surface area (Å²) >= 11 is 0. The highest BCUT2D eigenvalue weighted by atomic mass is 16.5. The minimum Gasteiger partial charge on any atom is -0.377 e. The zero-order valence-electron chi connectivity index (χ0n) is 18.9. The quantitative estimate of drug-likeness (QED) is 0.422. The van der Waals surface area contributed by atoms with Crippen LogP contribution in [0.2, 0.25) is 0 Å². The highest BCUT2D eigenvalue weighted by molar-refractivity contribution is 5.82. The highest BCUT2D eigenvalue weighted by Gasteiger charge is 2.52. The Morgan fingerprint density at radius 2 is 1.84 bits per heavy atom. The molecular formula is C23H40N6O2. The van der Waals surface area contributed by atoms with E-state index < -0.39 is 0 Å². The summed E-state index contributed by atoms with van der Waals surface area (Å²) in [6.45, 7) is 3.28. The summed E-state index contributed by atoms with van der Waals surface area (Å²) in [7, 11) is 1.98. The lowest BCUT2D eigenvalue weighted by molar-refractivity contribution is -0.132. The fraction of sp³-hybridized carbons (Fsp3) is 0.957. The average Bonchev–Trinajstić information content (AvgIpc) is 3.41. The van der Waals surface area contributed by atoms with Gasteiger partial charge in [-0.05, 0) is 50.9 Å². The van der Waals surface area contributed by atoms with E-state index in [1.807, 2.05) is 11.9 Å². The molecule has 0 aromatic rings. The number of carbonyl (C=O) groups is 1. The van der Waals surface area contributed by atoms with Crippen LogP contribution in [-0.2, 0) is 9.53 Å². The maximum Gasteiger partial charge on any atom is 0.239 e. The average molecular weight is 433 g/mol. The van der Waals surface area contributed by atoms with Crippen molar-refractivity contribution in [2.24, 2.45) is 5.92 Å². The smallest absolute Gasteiger partial charge is 0.239 e. The van der Waals surface area contributed by atoms with Gasteiger partial charge in [0.1, 0.15) is 0 Å².